The van der Waals surface area contributed by atoms with E-state index in [2.05, 4.69) is 58.4 Å². The number of anilines is 2. The number of carbonyl (C=O) groups is 1. The Labute approximate surface area is 229 Å². The van der Waals surface area contributed by atoms with Gasteiger partial charge in [-0.05, 0) is 55.0 Å². The van der Waals surface area contributed by atoms with Gasteiger partial charge in [0.2, 0.25) is 0 Å². The minimum absolute atomic E-state index is 0.0379. The maximum atomic E-state index is 13.9. The number of pyridine rings is 1. The molecule has 5 rings (SSSR count). The van der Waals surface area contributed by atoms with Crippen LogP contribution < -0.4 is 21.6 Å². The first-order chi connectivity index (χ1) is 18.5. The molecule has 3 aromatic rings. The van der Waals surface area contributed by atoms with Crippen molar-refractivity contribution in [3.05, 3.63) is 77.0 Å². The molecule has 1 aromatic heterocycles. The highest BCUT2D eigenvalue weighted by Crippen LogP contribution is 2.37. The van der Waals surface area contributed by atoms with Crippen LogP contribution in [-0.2, 0) is 5.44 Å². The lowest BCUT2D eigenvalue weighted by atomic mass is 9.69. The van der Waals surface area contributed by atoms with Gasteiger partial charge in [-0.3, -0.25) is 14.8 Å². The molecular weight excluding hydrogens is 492 g/mol. The molecule has 0 spiro atoms. The maximum absolute atomic E-state index is 13.9. The van der Waals surface area contributed by atoms with Crippen LogP contribution in [0.5, 0.6) is 0 Å². The average Bonchev–Trinajstić information content (AvgIpc) is 3.62. The number of rotatable bonds is 8. The zero-order chi connectivity index (χ0) is 27.9. The predicted molar refractivity (Wildman–Crippen MR) is 154 cm³/mol. The first-order valence-corrected chi connectivity index (χ1v) is 13.2. The van der Waals surface area contributed by atoms with Crippen molar-refractivity contribution in [3.8, 4) is 6.07 Å². The van der Waals surface area contributed by atoms with Crippen LogP contribution in [0.15, 0.2) is 54.5 Å². The van der Waals surface area contributed by atoms with Gasteiger partial charge < -0.3 is 16.1 Å². The van der Waals surface area contributed by atoms with E-state index < -0.39 is 5.44 Å². The highest BCUT2D eigenvalue weighted by Gasteiger charge is 2.38. The van der Waals surface area contributed by atoms with Gasteiger partial charge in [-0.1, -0.05) is 32.9 Å². The number of halogens is 1. The normalized spacial score (nSPS) is 16.7. The number of hydrogen-bond acceptors (Lipinski definition) is 8. The van der Waals surface area contributed by atoms with Gasteiger partial charge in [0.05, 0.1) is 27.9 Å². The summed E-state index contributed by atoms with van der Waals surface area (Å²) < 4.78 is 13.9. The number of nitriles is 1. The molecule has 0 saturated heterocycles. The molecule has 0 bridgehead atoms. The van der Waals surface area contributed by atoms with Crippen molar-refractivity contribution < 1.29 is 9.18 Å². The van der Waals surface area contributed by atoms with E-state index in [9.17, 15) is 14.4 Å². The third-order valence-corrected chi connectivity index (χ3v) is 7.15. The van der Waals surface area contributed by atoms with Crippen LogP contribution in [0.3, 0.4) is 0 Å². The van der Waals surface area contributed by atoms with Crippen LogP contribution in [0, 0.1) is 22.6 Å². The Kier molecular flexibility index (Phi) is 6.73. The number of nitrogens with one attached hydrogen (secondary N) is 4. The Balaban J connectivity index is 1.65. The lowest BCUT2D eigenvalue weighted by molar-refractivity contribution is 0.101. The molecule has 1 atom stereocenters. The minimum Gasteiger partial charge on any atom is -0.383 e. The molecule has 2 heterocycles. The number of aromatic nitrogens is 1. The van der Waals surface area contributed by atoms with Crippen LogP contribution in [0.1, 0.15) is 62.0 Å². The molecule has 1 aliphatic carbocycles. The van der Waals surface area contributed by atoms with E-state index in [0.717, 1.165) is 24.1 Å². The molecule has 0 radical (unpaired) electrons. The second-order valence-electron chi connectivity index (χ2n) is 11.7. The Morgan fingerprint density at radius 2 is 1.97 bits per heavy atom. The lowest BCUT2D eigenvalue weighted by Crippen LogP contribution is -2.45. The molecule has 1 unspecified atom stereocenters. The maximum Gasteiger partial charge on any atom is 0.162 e. The molecule has 39 heavy (non-hydrogen) atoms. The fourth-order valence-electron chi connectivity index (χ4n) is 4.77. The van der Waals surface area contributed by atoms with Gasteiger partial charge in [-0.15, -0.1) is 5.53 Å². The summed E-state index contributed by atoms with van der Waals surface area (Å²) in [4.78, 5) is 17.3. The molecule has 1 saturated carbocycles. The summed E-state index contributed by atoms with van der Waals surface area (Å²) in [5.74, 6) is -0.452. The minimum atomic E-state index is -0.814. The smallest absolute Gasteiger partial charge is 0.162 e. The van der Waals surface area contributed by atoms with Crippen LogP contribution in [-0.4, -0.2) is 36.2 Å². The van der Waals surface area contributed by atoms with Crippen LogP contribution in [0.2, 0.25) is 0 Å². The van der Waals surface area contributed by atoms with Gasteiger partial charge >= 0.3 is 0 Å². The fourth-order valence-corrected chi connectivity index (χ4v) is 4.77. The number of carbonyl (C=O) groups excluding carboxylic acids is 1. The van der Waals surface area contributed by atoms with Crippen molar-refractivity contribution in [2.45, 2.75) is 52.0 Å². The lowest BCUT2D eigenvalue weighted by Gasteiger charge is -2.34. The molecule has 0 amide bonds. The van der Waals surface area contributed by atoms with E-state index in [1.165, 1.54) is 25.3 Å². The predicted octanol–water partition coefficient (Wildman–Crippen LogP) is 4.13. The molecule has 200 valence electrons. The van der Waals surface area contributed by atoms with Gasteiger partial charge in [0.15, 0.2) is 5.78 Å². The van der Waals surface area contributed by atoms with Crippen molar-refractivity contribution in [1.29, 1.82) is 5.26 Å². The number of nitrogens with zero attached hydrogens (tertiary/aromatic N) is 3. The van der Waals surface area contributed by atoms with E-state index in [0.29, 0.717) is 46.0 Å². The largest absolute Gasteiger partial charge is 0.383 e. The van der Waals surface area contributed by atoms with Crippen molar-refractivity contribution in [1.82, 2.24) is 21.0 Å². The second kappa shape index (κ2) is 9.90. The Morgan fingerprint density at radius 3 is 2.59 bits per heavy atom. The van der Waals surface area contributed by atoms with Gasteiger partial charge in [-0.2, -0.15) is 5.26 Å². The molecule has 8 nitrogen and oxygen atoms in total. The number of hydrogen-bond donors (Lipinski definition) is 4. The van der Waals surface area contributed by atoms with E-state index in [-0.39, 0.29) is 17.0 Å². The van der Waals surface area contributed by atoms with Crippen LogP contribution in [0.25, 0.3) is 10.9 Å². The van der Waals surface area contributed by atoms with Crippen molar-refractivity contribution >= 4 is 35.9 Å². The summed E-state index contributed by atoms with van der Waals surface area (Å²) in [6, 6.07) is 12.8. The van der Waals surface area contributed by atoms with Crippen LogP contribution in [0.4, 0.5) is 15.8 Å². The molecule has 2 aliphatic rings. The van der Waals surface area contributed by atoms with Crippen molar-refractivity contribution in [2.75, 3.05) is 17.2 Å². The van der Waals surface area contributed by atoms with E-state index in [1.807, 2.05) is 20.1 Å². The number of hydrazine groups is 2. The Hall–Kier alpha value is -4.10. The highest BCUT2D eigenvalue weighted by atomic mass is 19.1. The molecule has 1 fully saturated rings. The Bertz CT molecular complexity index is 1510. The third-order valence-electron chi connectivity index (χ3n) is 7.15. The summed E-state index contributed by atoms with van der Waals surface area (Å²) in [5, 5.41) is 19.7. The molecule has 4 N–H and O–H groups in total. The molecular formula is C29H33BFN7O. The first kappa shape index (κ1) is 26.5. The highest BCUT2D eigenvalue weighted by molar-refractivity contribution is 6.20. The molecule has 1 aliphatic heterocycles. The summed E-state index contributed by atoms with van der Waals surface area (Å²) in [6.45, 7) is 8.47. The SMILES string of the molecule is BC(Nc1cc(C(C)=O)c2ncc(C#N)c(NCC(C)(C)C)c2c1)(C1=CN(C2CC2)NN1)c1ccc(F)cc1. The van der Waals surface area contributed by atoms with Gasteiger partial charge in [-0.25, -0.2) is 4.39 Å². The Morgan fingerprint density at radius 1 is 1.26 bits per heavy atom. The second-order valence-corrected chi connectivity index (χ2v) is 11.7. The summed E-state index contributed by atoms with van der Waals surface area (Å²) in [5.41, 5.74) is 10.0. The summed E-state index contributed by atoms with van der Waals surface area (Å²) in [6.07, 6.45) is 5.78. The van der Waals surface area contributed by atoms with Crippen molar-refractivity contribution in [2.24, 2.45) is 5.41 Å². The summed E-state index contributed by atoms with van der Waals surface area (Å²) in [7, 11) is 2.01. The number of benzene rings is 2. The van der Waals surface area contributed by atoms with Gasteiger partial charge in [0, 0.05) is 41.6 Å². The fraction of sp³-hybridized carbons (Fsp3) is 0.345. The van der Waals surface area contributed by atoms with E-state index in [1.54, 1.807) is 18.2 Å². The van der Waals surface area contributed by atoms with Crippen LogP contribution >= 0.6 is 0 Å². The average molecular weight is 525 g/mol. The number of Topliss-reactive ketones (excluding diaryl/α,β-unsaturated/α-hetero) is 1. The zero-order valence-electron chi connectivity index (χ0n) is 22.9. The third kappa shape index (κ3) is 5.41. The number of fused-ring (bicyclic) bond motifs is 1. The van der Waals surface area contributed by atoms with Gasteiger partial charge in [0.1, 0.15) is 19.7 Å². The first-order valence-electron chi connectivity index (χ1n) is 13.2. The zero-order valence-corrected chi connectivity index (χ0v) is 22.9. The number of ketones is 1. The monoisotopic (exact) mass is 525 g/mol. The summed E-state index contributed by atoms with van der Waals surface area (Å²) >= 11 is 0. The topological polar surface area (TPSA) is 105 Å². The van der Waals surface area contributed by atoms with E-state index in [4.69, 9.17) is 0 Å². The standard InChI is InChI=1S/C29H33BFN7O/c1-17(39)23-11-21(12-24-26(34-16-28(2,3)4)18(13-32)14-33-27(23)24)35-29(30,19-5-7-20(31)8-6-19)25-15-38(37-36-25)22-9-10-22/h5-8,11-12,14-15,22,35-37H,9-10,16,30H2,1-4H3,(H,33,34). The van der Waals surface area contributed by atoms with Gasteiger partial charge in [0.25, 0.3) is 0 Å². The van der Waals surface area contributed by atoms with Crippen molar-refractivity contribution in [3.63, 3.8) is 0 Å². The molecule has 10 heteroatoms. The van der Waals surface area contributed by atoms with E-state index >= 15 is 0 Å². The molecule has 2 aromatic carbocycles. The quantitative estimate of drug-likeness (QED) is 0.257.